The Morgan fingerprint density at radius 2 is 1.81 bits per heavy atom. The standard InChI is InChI=1S/C18H18Cl2N2O5/c1-3-26-18(25)17(24)22-11-7-13(19)16(14(20)8-11)27-12-4-5-15(23)10(6-12)9-21-2/h4-8,21,23H,3,9H2,1-2H3,(H,22,24). The molecule has 0 aliphatic heterocycles. The highest BCUT2D eigenvalue weighted by atomic mass is 35.5. The summed E-state index contributed by atoms with van der Waals surface area (Å²) in [5, 5.41) is 15.4. The topological polar surface area (TPSA) is 96.9 Å². The van der Waals surface area contributed by atoms with E-state index in [4.69, 9.17) is 27.9 Å². The van der Waals surface area contributed by atoms with E-state index in [-0.39, 0.29) is 33.8 Å². The molecule has 1 amide bonds. The molecule has 2 aromatic carbocycles. The van der Waals surface area contributed by atoms with E-state index in [0.29, 0.717) is 17.9 Å². The van der Waals surface area contributed by atoms with Gasteiger partial charge in [-0.05, 0) is 44.3 Å². The summed E-state index contributed by atoms with van der Waals surface area (Å²) in [6.07, 6.45) is 0. The summed E-state index contributed by atoms with van der Waals surface area (Å²) in [6, 6.07) is 7.51. The van der Waals surface area contributed by atoms with Gasteiger partial charge in [0.2, 0.25) is 0 Å². The molecular formula is C18H18Cl2N2O5. The third-order valence-corrected chi connectivity index (χ3v) is 3.92. The number of nitrogens with one attached hydrogen (secondary N) is 2. The van der Waals surface area contributed by atoms with Crippen LogP contribution in [0.15, 0.2) is 30.3 Å². The second-order valence-electron chi connectivity index (χ2n) is 5.37. The van der Waals surface area contributed by atoms with Gasteiger partial charge in [0.25, 0.3) is 0 Å². The first-order valence-electron chi connectivity index (χ1n) is 7.97. The van der Waals surface area contributed by atoms with Crippen molar-refractivity contribution in [2.45, 2.75) is 13.5 Å². The average molecular weight is 413 g/mol. The van der Waals surface area contributed by atoms with Crippen LogP contribution < -0.4 is 15.4 Å². The molecule has 0 aliphatic rings. The molecule has 0 atom stereocenters. The van der Waals surface area contributed by atoms with Gasteiger partial charge in [-0.15, -0.1) is 0 Å². The summed E-state index contributed by atoms with van der Waals surface area (Å²) in [5.41, 5.74) is 0.859. The highest BCUT2D eigenvalue weighted by molar-refractivity contribution is 6.39. The molecule has 0 spiro atoms. The first-order chi connectivity index (χ1) is 12.8. The number of carbonyl (C=O) groups is 2. The molecule has 0 aliphatic carbocycles. The molecule has 0 aromatic heterocycles. The van der Waals surface area contributed by atoms with Crippen molar-refractivity contribution in [2.24, 2.45) is 0 Å². The van der Waals surface area contributed by atoms with Crippen LogP contribution in [0.4, 0.5) is 5.69 Å². The van der Waals surface area contributed by atoms with Crippen LogP contribution in [0.2, 0.25) is 10.0 Å². The molecule has 7 nitrogen and oxygen atoms in total. The summed E-state index contributed by atoms with van der Waals surface area (Å²) in [5.74, 6) is -1.22. The number of benzene rings is 2. The third-order valence-electron chi connectivity index (χ3n) is 3.36. The summed E-state index contributed by atoms with van der Waals surface area (Å²) >= 11 is 12.4. The van der Waals surface area contributed by atoms with Crippen molar-refractivity contribution < 1.29 is 24.2 Å². The molecule has 0 radical (unpaired) electrons. The van der Waals surface area contributed by atoms with Crippen LogP contribution in [-0.4, -0.2) is 30.6 Å². The largest absolute Gasteiger partial charge is 0.508 e. The zero-order chi connectivity index (χ0) is 20.0. The van der Waals surface area contributed by atoms with Crippen molar-refractivity contribution in [3.05, 3.63) is 45.9 Å². The van der Waals surface area contributed by atoms with Crippen LogP contribution >= 0.6 is 23.2 Å². The highest BCUT2D eigenvalue weighted by Crippen LogP contribution is 2.39. The average Bonchev–Trinajstić information content (AvgIpc) is 2.61. The number of halogens is 2. The van der Waals surface area contributed by atoms with Gasteiger partial charge >= 0.3 is 11.9 Å². The van der Waals surface area contributed by atoms with E-state index >= 15 is 0 Å². The van der Waals surface area contributed by atoms with Gasteiger partial charge in [0.15, 0.2) is 5.75 Å². The molecule has 2 rings (SSSR count). The van der Waals surface area contributed by atoms with Gasteiger partial charge < -0.3 is 25.2 Å². The molecule has 0 saturated carbocycles. The molecule has 3 N–H and O–H groups in total. The van der Waals surface area contributed by atoms with Crippen molar-refractivity contribution >= 4 is 40.8 Å². The van der Waals surface area contributed by atoms with Crippen LogP contribution in [-0.2, 0) is 20.9 Å². The third kappa shape index (κ3) is 5.50. The monoisotopic (exact) mass is 412 g/mol. The minimum absolute atomic E-state index is 0.0860. The lowest BCUT2D eigenvalue weighted by molar-refractivity contribution is -0.152. The van der Waals surface area contributed by atoms with E-state index in [9.17, 15) is 14.7 Å². The van der Waals surface area contributed by atoms with E-state index in [2.05, 4.69) is 15.4 Å². The molecule has 27 heavy (non-hydrogen) atoms. The Bertz CT molecular complexity index is 835. The number of phenols is 1. The molecular weight excluding hydrogens is 395 g/mol. The molecule has 2 aromatic rings. The normalized spacial score (nSPS) is 10.4. The fourth-order valence-corrected chi connectivity index (χ4v) is 2.75. The number of aromatic hydroxyl groups is 1. The maximum atomic E-state index is 11.7. The fourth-order valence-electron chi connectivity index (χ4n) is 2.18. The molecule has 0 heterocycles. The lowest BCUT2D eigenvalue weighted by atomic mass is 10.2. The Morgan fingerprint density at radius 3 is 2.41 bits per heavy atom. The van der Waals surface area contributed by atoms with Crippen molar-refractivity contribution in [3.63, 3.8) is 0 Å². The van der Waals surface area contributed by atoms with Gasteiger partial charge in [-0.25, -0.2) is 4.79 Å². The van der Waals surface area contributed by atoms with Crippen molar-refractivity contribution in [1.82, 2.24) is 5.32 Å². The van der Waals surface area contributed by atoms with E-state index in [0.717, 1.165) is 0 Å². The number of hydrogen-bond donors (Lipinski definition) is 3. The van der Waals surface area contributed by atoms with Gasteiger partial charge in [0, 0.05) is 17.8 Å². The number of phenolic OH excluding ortho intramolecular Hbond substituents is 1. The lowest BCUT2D eigenvalue weighted by Crippen LogP contribution is -2.24. The number of rotatable bonds is 6. The summed E-state index contributed by atoms with van der Waals surface area (Å²) in [6.45, 7) is 2.13. The van der Waals surface area contributed by atoms with Crippen molar-refractivity contribution in [1.29, 1.82) is 0 Å². The minimum Gasteiger partial charge on any atom is -0.508 e. The second-order valence-corrected chi connectivity index (χ2v) is 6.18. The fraction of sp³-hybridized carbons (Fsp3) is 0.222. The maximum Gasteiger partial charge on any atom is 0.397 e. The Balaban J connectivity index is 2.21. The molecule has 0 unspecified atom stereocenters. The van der Waals surface area contributed by atoms with Crippen LogP contribution in [0, 0.1) is 0 Å². The molecule has 0 saturated heterocycles. The Labute approximate surface area is 166 Å². The molecule has 0 bridgehead atoms. The zero-order valence-corrected chi connectivity index (χ0v) is 16.1. The molecule has 144 valence electrons. The first kappa shape index (κ1) is 20.8. The Morgan fingerprint density at radius 1 is 1.15 bits per heavy atom. The zero-order valence-electron chi connectivity index (χ0n) is 14.6. The summed E-state index contributed by atoms with van der Waals surface area (Å²) in [7, 11) is 1.75. The van der Waals surface area contributed by atoms with Gasteiger partial charge in [0.1, 0.15) is 11.5 Å². The number of ether oxygens (including phenoxy) is 2. The quantitative estimate of drug-likeness (QED) is 0.494. The van der Waals surface area contributed by atoms with Crippen LogP contribution in [0.25, 0.3) is 0 Å². The van der Waals surface area contributed by atoms with E-state index < -0.39 is 11.9 Å². The maximum absolute atomic E-state index is 11.7. The number of anilines is 1. The van der Waals surface area contributed by atoms with E-state index in [1.54, 1.807) is 26.1 Å². The van der Waals surface area contributed by atoms with E-state index in [1.807, 2.05) is 0 Å². The van der Waals surface area contributed by atoms with Gasteiger partial charge in [-0.3, -0.25) is 4.79 Å². The predicted molar refractivity (Wildman–Crippen MR) is 103 cm³/mol. The smallest absolute Gasteiger partial charge is 0.397 e. The number of amides is 1. The Kier molecular flexibility index (Phi) is 7.29. The Hall–Kier alpha value is -2.48. The van der Waals surface area contributed by atoms with Gasteiger partial charge in [0.05, 0.1) is 16.7 Å². The van der Waals surface area contributed by atoms with E-state index in [1.165, 1.54) is 18.2 Å². The lowest BCUT2D eigenvalue weighted by Gasteiger charge is -2.13. The van der Waals surface area contributed by atoms with Gasteiger partial charge in [-0.2, -0.15) is 0 Å². The highest BCUT2D eigenvalue weighted by Gasteiger charge is 2.17. The van der Waals surface area contributed by atoms with Crippen molar-refractivity contribution in [3.8, 4) is 17.2 Å². The number of hydrogen-bond acceptors (Lipinski definition) is 6. The van der Waals surface area contributed by atoms with Crippen molar-refractivity contribution in [2.75, 3.05) is 19.0 Å². The van der Waals surface area contributed by atoms with Crippen LogP contribution in [0.3, 0.4) is 0 Å². The van der Waals surface area contributed by atoms with Gasteiger partial charge in [-0.1, -0.05) is 23.2 Å². The number of esters is 1. The van der Waals surface area contributed by atoms with Crippen LogP contribution in [0.5, 0.6) is 17.2 Å². The molecule has 9 heteroatoms. The SMILES string of the molecule is CCOC(=O)C(=O)Nc1cc(Cl)c(Oc2ccc(O)c(CNC)c2)c(Cl)c1. The minimum atomic E-state index is -1.01. The summed E-state index contributed by atoms with van der Waals surface area (Å²) in [4.78, 5) is 23.1. The molecule has 0 fully saturated rings. The second kappa shape index (κ2) is 9.45. The first-order valence-corrected chi connectivity index (χ1v) is 8.72. The van der Waals surface area contributed by atoms with Crippen LogP contribution in [0.1, 0.15) is 12.5 Å². The predicted octanol–water partition coefficient (Wildman–Crippen LogP) is 3.71. The number of carbonyl (C=O) groups excluding carboxylic acids is 2. The summed E-state index contributed by atoms with van der Waals surface area (Å²) < 4.78 is 10.3.